The van der Waals surface area contributed by atoms with Crippen molar-refractivity contribution in [2.75, 3.05) is 38.7 Å². The topological polar surface area (TPSA) is 79.5 Å². The van der Waals surface area contributed by atoms with E-state index in [0.29, 0.717) is 19.4 Å². The molecule has 24 heavy (non-hydrogen) atoms. The predicted molar refractivity (Wildman–Crippen MR) is 96.9 cm³/mol. The monoisotopic (exact) mass is 397 g/mol. The van der Waals surface area contributed by atoms with Crippen molar-refractivity contribution < 1.29 is 14.3 Å². The van der Waals surface area contributed by atoms with Crippen molar-refractivity contribution in [3.8, 4) is 0 Å². The van der Waals surface area contributed by atoms with E-state index in [4.69, 9.17) is 4.74 Å². The number of benzene rings is 1. The maximum atomic E-state index is 12.6. The summed E-state index contributed by atoms with van der Waals surface area (Å²) in [5, 5.41) is 8.83. The summed E-state index contributed by atoms with van der Waals surface area (Å²) < 4.78 is 6.13. The molecule has 6 nitrogen and oxygen atoms in total. The third-order valence-electron chi connectivity index (χ3n) is 4.35. The van der Waals surface area contributed by atoms with Gasteiger partial charge in [-0.1, -0.05) is 22.0 Å². The minimum atomic E-state index is -0.550. The van der Waals surface area contributed by atoms with Gasteiger partial charge in [-0.25, -0.2) is 0 Å². The maximum Gasteiger partial charge on any atom is 0.243 e. The quantitative estimate of drug-likeness (QED) is 0.683. The van der Waals surface area contributed by atoms with E-state index in [2.05, 4.69) is 31.9 Å². The molecule has 0 bridgehead atoms. The summed E-state index contributed by atoms with van der Waals surface area (Å²) in [5.41, 5.74) is 1.15. The lowest BCUT2D eigenvalue weighted by Crippen LogP contribution is -2.51. The fourth-order valence-corrected chi connectivity index (χ4v) is 3.25. The Morgan fingerprint density at radius 1 is 1.33 bits per heavy atom. The number of hydrogen-bond acceptors (Lipinski definition) is 4. The zero-order valence-corrected chi connectivity index (χ0v) is 15.7. The molecule has 132 valence electrons. The van der Waals surface area contributed by atoms with E-state index in [9.17, 15) is 9.59 Å². The highest BCUT2D eigenvalue weighted by atomic mass is 79.9. The SMILES string of the molecule is COCC1(C(=O)NCC(=O)Nc2cc(Br)ccc2C)CCNCC1. The van der Waals surface area contributed by atoms with Crippen molar-refractivity contribution in [1.29, 1.82) is 0 Å². The van der Waals surface area contributed by atoms with Gasteiger partial charge in [0.1, 0.15) is 0 Å². The zero-order valence-electron chi connectivity index (χ0n) is 14.1. The van der Waals surface area contributed by atoms with Crippen LogP contribution in [0.4, 0.5) is 5.69 Å². The third kappa shape index (κ3) is 4.78. The summed E-state index contributed by atoms with van der Waals surface area (Å²) in [6.45, 7) is 3.79. The highest BCUT2D eigenvalue weighted by Gasteiger charge is 2.39. The van der Waals surface area contributed by atoms with Gasteiger partial charge in [-0.15, -0.1) is 0 Å². The van der Waals surface area contributed by atoms with E-state index in [-0.39, 0.29) is 18.4 Å². The summed E-state index contributed by atoms with van der Waals surface area (Å²) in [4.78, 5) is 24.7. The number of hydrogen-bond donors (Lipinski definition) is 3. The van der Waals surface area contributed by atoms with Crippen LogP contribution in [0.5, 0.6) is 0 Å². The van der Waals surface area contributed by atoms with Crippen LogP contribution in [-0.4, -0.2) is 45.2 Å². The highest BCUT2D eigenvalue weighted by molar-refractivity contribution is 9.10. The molecule has 0 aliphatic carbocycles. The van der Waals surface area contributed by atoms with Crippen LogP contribution in [0, 0.1) is 12.3 Å². The molecular weight excluding hydrogens is 374 g/mol. The molecule has 1 fully saturated rings. The summed E-state index contributed by atoms with van der Waals surface area (Å²) in [6, 6.07) is 5.67. The lowest BCUT2D eigenvalue weighted by molar-refractivity contribution is -0.137. The largest absolute Gasteiger partial charge is 0.384 e. The number of rotatable bonds is 6. The zero-order chi connectivity index (χ0) is 17.6. The van der Waals surface area contributed by atoms with Gasteiger partial charge in [0.15, 0.2) is 0 Å². The normalized spacial score (nSPS) is 16.5. The van der Waals surface area contributed by atoms with Crippen LogP contribution in [0.3, 0.4) is 0 Å². The number of piperidine rings is 1. The van der Waals surface area contributed by atoms with Crippen LogP contribution < -0.4 is 16.0 Å². The van der Waals surface area contributed by atoms with Crippen LogP contribution in [0.25, 0.3) is 0 Å². The molecule has 1 aliphatic heterocycles. The molecule has 0 spiro atoms. The third-order valence-corrected chi connectivity index (χ3v) is 4.84. The Kier molecular flexibility index (Phi) is 6.77. The Labute approximate surface area is 150 Å². The summed E-state index contributed by atoms with van der Waals surface area (Å²) in [6.07, 6.45) is 1.41. The maximum absolute atomic E-state index is 12.6. The Balaban J connectivity index is 1.92. The smallest absolute Gasteiger partial charge is 0.243 e. The predicted octanol–water partition coefficient (Wildman–Crippen LogP) is 1.83. The molecule has 0 aromatic heterocycles. The lowest BCUT2D eigenvalue weighted by Gasteiger charge is -2.35. The number of amides is 2. The molecule has 3 N–H and O–H groups in total. The number of methoxy groups -OCH3 is 1. The second-order valence-electron chi connectivity index (χ2n) is 6.15. The van der Waals surface area contributed by atoms with Crippen LogP contribution >= 0.6 is 15.9 Å². The van der Waals surface area contributed by atoms with Crippen LogP contribution in [0.1, 0.15) is 18.4 Å². The first-order valence-corrected chi connectivity index (χ1v) is 8.80. The fourth-order valence-electron chi connectivity index (χ4n) is 2.89. The Morgan fingerprint density at radius 2 is 2.04 bits per heavy atom. The van der Waals surface area contributed by atoms with E-state index >= 15 is 0 Å². The van der Waals surface area contributed by atoms with E-state index in [0.717, 1.165) is 28.8 Å². The van der Waals surface area contributed by atoms with Crippen LogP contribution in [0.2, 0.25) is 0 Å². The lowest BCUT2D eigenvalue weighted by atomic mass is 9.78. The van der Waals surface area contributed by atoms with Gasteiger partial charge >= 0.3 is 0 Å². The number of carbonyl (C=O) groups is 2. The summed E-state index contributed by atoms with van der Waals surface area (Å²) in [7, 11) is 1.60. The van der Waals surface area contributed by atoms with Crippen molar-refractivity contribution in [3.63, 3.8) is 0 Å². The molecular formula is C17H24BrN3O3. The first-order valence-electron chi connectivity index (χ1n) is 8.01. The number of carbonyl (C=O) groups excluding carboxylic acids is 2. The van der Waals surface area contributed by atoms with Gasteiger partial charge in [0.25, 0.3) is 0 Å². The van der Waals surface area contributed by atoms with Crippen molar-refractivity contribution in [1.82, 2.24) is 10.6 Å². The summed E-state index contributed by atoms with van der Waals surface area (Å²) in [5.74, 6) is -0.363. The molecule has 2 amide bonds. The standard InChI is InChI=1S/C17H24BrN3O3/c1-12-3-4-13(18)9-14(12)21-15(22)10-20-16(23)17(11-24-2)5-7-19-8-6-17/h3-4,9,19H,5-8,10-11H2,1-2H3,(H,20,23)(H,21,22). The molecule has 0 saturated carbocycles. The van der Waals surface area contributed by atoms with Gasteiger partial charge in [0, 0.05) is 17.3 Å². The van der Waals surface area contributed by atoms with E-state index < -0.39 is 5.41 Å². The second kappa shape index (κ2) is 8.60. The molecule has 7 heteroatoms. The Hall–Kier alpha value is -1.44. The average Bonchev–Trinajstić information content (AvgIpc) is 2.57. The van der Waals surface area contributed by atoms with Gasteiger partial charge in [-0.3, -0.25) is 9.59 Å². The van der Waals surface area contributed by atoms with Gasteiger partial charge < -0.3 is 20.7 Å². The van der Waals surface area contributed by atoms with Gasteiger partial charge in [-0.2, -0.15) is 0 Å². The first kappa shape index (κ1) is 18.9. The highest BCUT2D eigenvalue weighted by Crippen LogP contribution is 2.29. The van der Waals surface area contributed by atoms with Gasteiger partial charge in [0.05, 0.1) is 18.6 Å². The Morgan fingerprint density at radius 3 is 2.71 bits per heavy atom. The summed E-state index contributed by atoms with van der Waals surface area (Å²) >= 11 is 3.38. The molecule has 0 atom stereocenters. The first-order chi connectivity index (χ1) is 11.5. The van der Waals surface area contributed by atoms with Crippen molar-refractivity contribution >= 4 is 33.4 Å². The van der Waals surface area contributed by atoms with E-state index in [1.54, 1.807) is 7.11 Å². The average molecular weight is 398 g/mol. The number of ether oxygens (including phenoxy) is 1. The van der Waals surface area contributed by atoms with Crippen molar-refractivity contribution in [2.45, 2.75) is 19.8 Å². The molecule has 2 rings (SSSR count). The fraction of sp³-hybridized carbons (Fsp3) is 0.529. The molecule has 1 aromatic carbocycles. The number of anilines is 1. The molecule has 1 heterocycles. The van der Waals surface area contributed by atoms with Gasteiger partial charge in [-0.05, 0) is 50.6 Å². The van der Waals surface area contributed by atoms with E-state index in [1.165, 1.54) is 0 Å². The Bertz CT molecular complexity index is 595. The van der Waals surface area contributed by atoms with Crippen LogP contribution in [-0.2, 0) is 14.3 Å². The van der Waals surface area contributed by atoms with Crippen molar-refractivity contribution in [3.05, 3.63) is 28.2 Å². The molecule has 0 radical (unpaired) electrons. The van der Waals surface area contributed by atoms with E-state index in [1.807, 2.05) is 25.1 Å². The molecule has 0 unspecified atom stereocenters. The minimum Gasteiger partial charge on any atom is -0.384 e. The number of halogens is 1. The second-order valence-corrected chi connectivity index (χ2v) is 7.07. The number of nitrogens with one attached hydrogen (secondary N) is 3. The molecule has 1 saturated heterocycles. The molecule has 1 aromatic rings. The number of aryl methyl sites for hydroxylation is 1. The minimum absolute atomic E-state index is 0.0519. The van der Waals surface area contributed by atoms with Crippen molar-refractivity contribution in [2.24, 2.45) is 5.41 Å². The molecule has 1 aliphatic rings. The van der Waals surface area contributed by atoms with Crippen LogP contribution in [0.15, 0.2) is 22.7 Å². The van der Waals surface area contributed by atoms with Gasteiger partial charge in [0.2, 0.25) is 11.8 Å².